The minimum atomic E-state index is -0.654. The first-order valence-corrected chi connectivity index (χ1v) is 8.95. The Bertz CT molecular complexity index is 1400. The van der Waals surface area contributed by atoms with Crippen LogP contribution in [0.1, 0.15) is 0 Å². The molecule has 8 nitrogen and oxygen atoms in total. The van der Waals surface area contributed by atoms with Crippen molar-refractivity contribution in [2.24, 2.45) is 0 Å². The lowest BCUT2D eigenvalue weighted by Crippen LogP contribution is -2.25. The van der Waals surface area contributed by atoms with Crippen LogP contribution in [0.4, 0.5) is 4.79 Å². The normalized spacial score (nSPS) is 10.9. The van der Waals surface area contributed by atoms with Crippen LogP contribution in [0.25, 0.3) is 33.1 Å². The van der Waals surface area contributed by atoms with Crippen molar-refractivity contribution in [3.63, 3.8) is 0 Å². The molecule has 2 heterocycles. The molecule has 4 aromatic rings. The minimum absolute atomic E-state index is 0.173. The molecule has 0 spiro atoms. The summed E-state index contributed by atoms with van der Waals surface area (Å²) in [6.07, 6.45) is -0.572. The first-order valence-electron chi connectivity index (χ1n) is 8.95. The van der Waals surface area contributed by atoms with E-state index < -0.39 is 17.3 Å². The van der Waals surface area contributed by atoms with Crippen molar-refractivity contribution >= 4 is 28.0 Å². The summed E-state index contributed by atoms with van der Waals surface area (Å²) in [5, 5.41) is 1.13. The van der Waals surface area contributed by atoms with Gasteiger partial charge in [-0.15, -0.1) is 0 Å². The molecule has 0 aliphatic rings. The van der Waals surface area contributed by atoms with Gasteiger partial charge in [0.05, 0.1) is 12.7 Å². The molecule has 152 valence electrons. The van der Waals surface area contributed by atoms with E-state index in [-0.39, 0.29) is 16.9 Å². The van der Waals surface area contributed by atoms with Crippen molar-refractivity contribution in [3.8, 4) is 22.6 Å². The zero-order chi connectivity index (χ0) is 21.4. The van der Waals surface area contributed by atoms with E-state index in [2.05, 4.69) is 0 Å². The van der Waals surface area contributed by atoms with Gasteiger partial charge in [-0.2, -0.15) is 0 Å². The lowest BCUT2D eigenvalue weighted by molar-refractivity contribution is 0.172. The first-order chi connectivity index (χ1) is 14.4. The molecule has 4 rings (SSSR count). The smallest absolute Gasteiger partial charge is 0.414 e. The summed E-state index contributed by atoms with van der Waals surface area (Å²) in [7, 11) is 4.59. The highest BCUT2D eigenvalue weighted by molar-refractivity contribution is 5.96. The number of rotatable bonds is 3. The Morgan fingerprint density at radius 1 is 0.967 bits per heavy atom. The third-order valence-electron chi connectivity index (χ3n) is 4.52. The number of carbonyl (C=O) groups is 1. The van der Waals surface area contributed by atoms with Crippen LogP contribution in [0, 0.1) is 0 Å². The molecule has 0 aliphatic heterocycles. The molecule has 2 aromatic carbocycles. The predicted molar refractivity (Wildman–Crippen MR) is 110 cm³/mol. The highest BCUT2D eigenvalue weighted by Crippen LogP contribution is 2.31. The third kappa shape index (κ3) is 3.39. The largest absolute Gasteiger partial charge is 0.493 e. The molecule has 0 aliphatic carbocycles. The van der Waals surface area contributed by atoms with E-state index >= 15 is 0 Å². The average molecular weight is 407 g/mol. The number of benzene rings is 2. The molecule has 2 aromatic heterocycles. The molecule has 0 radical (unpaired) electrons. The number of para-hydroxylation sites is 1. The van der Waals surface area contributed by atoms with Gasteiger partial charge in [0, 0.05) is 42.6 Å². The summed E-state index contributed by atoms with van der Waals surface area (Å²) in [5.74, 6) is 0.637. The molecule has 0 atom stereocenters. The number of nitrogens with zero attached hydrogens (tertiary/aromatic N) is 1. The molecule has 8 heteroatoms. The van der Waals surface area contributed by atoms with Crippen LogP contribution in [-0.4, -0.2) is 32.2 Å². The van der Waals surface area contributed by atoms with Crippen LogP contribution in [0.2, 0.25) is 0 Å². The summed E-state index contributed by atoms with van der Waals surface area (Å²) < 4.78 is 21.2. The number of methoxy groups -OCH3 is 1. The van der Waals surface area contributed by atoms with Crippen molar-refractivity contribution in [1.29, 1.82) is 0 Å². The Hall–Kier alpha value is -4.07. The van der Waals surface area contributed by atoms with Crippen molar-refractivity contribution in [2.45, 2.75) is 0 Å². The van der Waals surface area contributed by atoms with Crippen LogP contribution in [0.5, 0.6) is 11.5 Å². The number of carbonyl (C=O) groups excluding carboxylic acids is 1. The number of hydrogen-bond acceptors (Lipinski definition) is 7. The molecule has 30 heavy (non-hydrogen) atoms. The second-order valence-electron chi connectivity index (χ2n) is 6.73. The molecule has 0 saturated heterocycles. The van der Waals surface area contributed by atoms with Crippen LogP contribution >= 0.6 is 0 Å². The highest BCUT2D eigenvalue weighted by Gasteiger charge is 2.16. The maximum Gasteiger partial charge on any atom is 0.414 e. The summed E-state index contributed by atoms with van der Waals surface area (Å²) >= 11 is 0. The fourth-order valence-corrected chi connectivity index (χ4v) is 3.09. The van der Waals surface area contributed by atoms with E-state index in [0.29, 0.717) is 27.7 Å². The lowest BCUT2D eigenvalue weighted by Gasteiger charge is -2.11. The van der Waals surface area contributed by atoms with Crippen molar-refractivity contribution in [2.75, 3.05) is 21.2 Å². The Labute approximate surface area is 169 Å². The van der Waals surface area contributed by atoms with E-state index in [1.807, 2.05) is 0 Å². The highest BCUT2D eigenvalue weighted by atomic mass is 16.6. The monoisotopic (exact) mass is 407 g/mol. The Kier molecular flexibility index (Phi) is 4.75. The summed E-state index contributed by atoms with van der Waals surface area (Å²) in [4.78, 5) is 37.9. The minimum Gasteiger partial charge on any atom is -0.493 e. The van der Waals surface area contributed by atoms with E-state index in [1.165, 1.54) is 24.1 Å². The van der Waals surface area contributed by atoms with Gasteiger partial charge in [-0.05, 0) is 24.3 Å². The molecule has 0 bridgehead atoms. The van der Waals surface area contributed by atoms with Crippen LogP contribution in [0.3, 0.4) is 0 Å². The van der Waals surface area contributed by atoms with E-state index in [0.717, 1.165) is 0 Å². The van der Waals surface area contributed by atoms with E-state index in [1.54, 1.807) is 50.5 Å². The van der Waals surface area contributed by atoms with Crippen molar-refractivity contribution < 1.29 is 23.1 Å². The molecule has 0 saturated carbocycles. The molecular formula is C22H17NO7. The maximum absolute atomic E-state index is 12.7. The molecular weight excluding hydrogens is 390 g/mol. The number of amides is 1. The quantitative estimate of drug-likeness (QED) is 0.478. The Balaban J connectivity index is 1.91. The van der Waals surface area contributed by atoms with Crippen LogP contribution in [0.15, 0.2) is 67.0 Å². The van der Waals surface area contributed by atoms with Gasteiger partial charge in [-0.25, -0.2) is 14.4 Å². The van der Waals surface area contributed by atoms with Crippen LogP contribution < -0.4 is 20.7 Å². The fourth-order valence-electron chi connectivity index (χ4n) is 3.09. The standard InChI is InChI=1S/C22H17NO7/c1-23(2)22(26)28-13-7-8-14-15(11-19(24)29-18(14)10-13)16-9-12-5-4-6-17(27-3)20(12)30-21(16)25/h4-11H,1-3H3. The predicted octanol–water partition coefficient (Wildman–Crippen LogP) is 3.64. The number of ether oxygens (including phenoxy) is 2. The van der Waals surface area contributed by atoms with E-state index in [4.69, 9.17) is 18.3 Å². The number of fused-ring (bicyclic) bond motifs is 2. The van der Waals surface area contributed by atoms with Gasteiger partial charge in [-0.1, -0.05) is 12.1 Å². The van der Waals surface area contributed by atoms with E-state index in [9.17, 15) is 14.4 Å². The Morgan fingerprint density at radius 3 is 2.50 bits per heavy atom. The zero-order valence-corrected chi connectivity index (χ0v) is 16.4. The summed E-state index contributed by atoms with van der Waals surface area (Å²) in [6, 6.07) is 12.7. The summed E-state index contributed by atoms with van der Waals surface area (Å²) in [5.41, 5.74) is -0.233. The van der Waals surface area contributed by atoms with Gasteiger partial charge in [0.25, 0.3) is 0 Å². The van der Waals surface area contributed by atoms with Crippen LogP contribution in [-0.2, 0) is 0 Å². The average Bonchev–Trinajstić information content (AvgIpc) is 2.72. The second-order valence-corrected chi connectivity index (χ2v) is 6.73. The topological polar surface area (TPSA) is 99.2 Å². The van der Waals surface area contributed by atoms with Gasteiger partial charge in [0.15, 0.2) is 11.3 Å². The molecule has 1 amide bonds. The lowest BCUT2D eigenvalue weighted by atomic mass is 10.0. The zero-order valence-electron chi connectivity index (χ0n) is 16.4. The molecule has 0 unspecified atom stereocenters. The SMILES string of the molecule is COc1cccc2cc(-c3cc(=O)oc4cc(OC(=O)N(C)C)ccc34)c(=O)oc12. The van der Waals surface area contributed by atoms with Gasteiger partial charge in [0.2, 0.25) is 0 Å². The van der Waals surface area contributed by atoms with Gasteiger partial charge in [0.1, 0.15) is 11.3 Å². The Morgan fingerprint density at radius 2 is 1.77 bits per heavy atom. The maximum atomic E-state index is 12.7. The van der Waals surface area contributed by atoms with Crippen molar-refractivity contribution in [3.05, 3.63) is 69.4 Å². The fraction of sp³-hybridized carbons (Fsp3) is 0.136. The van der Waals surface area contributed by atoms with Gasteiger partial charge < -0.3 is 23.2 Å². The first kappa shape index (κ1) is 19.3. The third-order valence-corrected chi connectivity index (χ3v) is 4.52. The molecule has 0 fully saturated rings. The van der Waals surface area contributed by atoms with Crippen molar-refractivity contribution in [1.82, 2.24) is 4.90 Å². The summed E-state index contributed by atoms with van der Waals surface area (Å²) in [6.45, 7) is 0. The van der Waals surface area contributed by atoms with Gasteiger partial charge in [-0.3, -0.25) is 0 Å². The number of hydrogen-bond donors (Lipinski definition) is 0. The molecule has 0 N–H and O–H groups in total. The second kappa shape index (κ2) is 7.40. The van der Waals surface area contributed by atoms with Gasteiger partial charge >= 0.3 is 17.3 Å².